The molecule has 1 unspecified atom stereocenters. The SMILES string of the molecule is CCCCCCCCC(C)OO. The van der Waals surface area contributed by atoms with Crippen molar-refractivity contribution >= 4 is 0 Å². The molecule has 0 spiro atoms. The predicted molar refractivity (Wildman–Crippen MR) is 51.2 cm³/mol. The van der Waals surface area contributed by atoms with Crippen LogP contribution < -0.4 is 0 Å². The molecule has 0 aliphatic carbocycles. The van der Waals surface area contributed by atoms with Gasteiger partial charge in [-0.15, -0.1) is 0 Å². The summed E-state index contributed by atoms with van der Waals surface area (Å²) in [6, 6.07) is 0. The van der Waals surface area contributed by atoms with Crippen molar-refractivity contribution in [2.24, 2.45) is 0 Å². The maximum Gasteiger partial charge on any atom is 0.0899 e. The van der Waals surface area contributed by atoms with Gasteiger partial charge < -0.3 is 0 Å². The van der Waals surface area contributed by atoms with Crippen molar-refractivity contribution in [1.29, 1.82) is 0 Å². The van der Waals surface area contributed by atoms with Gasteiger partial charge in [-0.25, -0.2) is 4.89 Å². The molecule has 0 aliphatic rings. The zero-order valence-corrected chi connectivity index (χ0v) is 8.38. The highest BCUT2D eigenvalue weighted by atomic mass is 17.1. The first-order chi connectivity index (χ1) is 5.81. The van der Waals surface area contributed by atoms with E-state index < -0.39 is 0 Å². The Bertz CT molecular complexity index is 83.9. The molecule has 0 aromatic rings. The zero-order valence-electron chi connectivity index (χ0n) is 8.38. The van der Waals surface area contributed by atoms with Crippen LogP contribution in [0.3, 0.4) is 0 Å². The van der Waals surface area contributed by atoms with E-state index in [9.17, 15) is 0 Å². The van der Waals surface area contributed by atoms with E-state index in [0.29, 0.717) is 0 Å². The standard InChI is InChI=1S/C10H22O2/c1-3-4-5-6-7-8-9-10(2)12-11/h10-11H,3-9H2,1-2H3. The highest BCUT2D eigenvalue weighted by molar-refractivity contribution is 4.49. The monoisotopic (exact) mass is 174 g/mol. The van der Waals surface area contributed by atoms with E-state index in [-0.39, 0.29) is 6.10 Å². The fraction of sp³-hybridized carbons (Fsp3) is 1.00. The third kappa shape index (κ3) is 8.02. The van der Waals surface area contributed by atoms with Gasteiger partial charge >= 0.3 is 0 Å². The van der Waals surface area contributed by atoms with Crippen molar-refractivity contribution < 1.29 is 10.1 Å². The van der Waals surface area contributed by atoms with Crippen LogP contribution in [0.15, 0.2) is 0 Å². The summed E-state index contributed by atoms with van der Waals surface area (Å²) in [6.07, 6.45) is 8.76. The Labute approximate surface area is 75.9 Å². The molecule has 0 aliphatic heterocycles. The summed E-state index contributed by atoms with van der Waals surface area (Å²) in [5, 5.41) is 8.28. The Balaban J connectivity index is 2.90. The van der Waals surface area contributed by atoms with Crippen molar-refractivity contribution in [3.05, 3.63) is 0 Å². The van der Waals surface area contributed by atoms with Crippen molar-refractivity contribution in [2.45, 2.75) is 64.9 Å². The maximum absolute atomic E-state index is 8.28. The number of unbranched alkanes of at least 4 members (excludes halogenated alkanes) is 5. The highest BCUT2D eigenvalue weighted by Gasteiger charge is 1.99. The van der Waals surface area contributed by atoms with Crippen LogP contribution in [0.25, 0.3) is 0 Å². The molecule has 1 atom stereocenters. The summed E-state index contributed by atoms with van der Waals surface area (Å²) in [6.45, 7) is 4.12. The lowest BCUT2D eigenvalue weighted by Crippen LogP contribution is -2.04. The van der Waals surface area contributed by atoms with E-state index in [1.54, 1.807) is 0 Å². The quantitative estimate of drug-likeness (QED) is 0.346. The van der Waals surface area contributed by atoms with Gasteiger partial charge in [0.15, 0.2) is 0 Å². The lowest BCUT2D eigenvalue weighted by atomic mass is 10.1. The molecular weight excluding hydrogens is 152 g/mol. The Morgan fingerprint density at radius 3 is 2.25 bits per heavy atom. The van der Waals surface area contributed by atoms with Crippen LogP contribution in [-0.4, -0.2) is 11.4 Å². The molecule has 12 heavy (non-hydrogen) atoms. The van der Waals surface area contributed by atoms with Gasteiger partial charge in [0, 0.05) is 0 Å². The molecular formula is C10H22O2. The minimum absolute atomic E-state index is 0.0103. The first kappa shape index (κ1) is 11.9. The number of hydrogen-bond acceptors (Lipinski definition) is 2. The van der Waals surface area contributed by atoms with E-state index in [1.165, 1.54) is 38.5 Å². The predicted octanol–water partition coefficient (Wildman–Crippen LogP) is 3.62. The minimum atomic E-state index is 0.0103. The van der Waals surface area contributed by atoms with Gasteiger partial charge in [-0.2, -0.15) is 0 Å². The van der Waals surface area contributed by atoms with Crippen molar-refractivity contribution in [3.8, 4) is 0 Å². The summed E-state index contributed by atoms with van der Waals surface area (Å²) >= 11 is 0. The number of hydrogen-bond donors (Lipinski definition) is 1. The van der Waals surface area contributed by atoms with Crippen molar-refractivity contribution in [2.75, 3.05) is 0 Å². The van der Waals surface area contributed by atoms with Gasteiger partial charge in [-0.3, -0.25) is 5.26 Å². The Morgan fingerprint density at radius 1 is 1.08 bits per heavy atom. The lowest BCUT2D eigenvalue weighted by molar-refractivity contribution is -0.275. The molecule has 0 aromatic carbocycles. The van der Waals surface area contributed by atoms with Crippen LogP contribution in [-0.2, 0) is 4.89 Å². The third-order valence-electron chi connectivity index (χ3n) is 2.14. The normalized spacial score (nSPS) is 13.2. The van der Waals surface area contributed by atoms with E-state index in [4.69, 9.17) is 5.26 Å². The third-order valence-corrected chi connectivity index (χ3v) is 2.14. The van der Waals surface area contributed by atoms with Crippen LogP contribution >= 0.6 is 0 Å². The zero-order chi connectivity index (χ0) is 9.23. The second-order valence-electron chi connectivity index (χ2n) is 3.47. The first-order valence-electron chi connectivity index (χ1n) is 5.11. The molecule has 2 heteroatoms. The van der Waals surface area contributed by atoms with Crippen LogP contribution in [0.4, 0.5) is 0 Å². The Morgan fingerprint density at radius 2 is 1.67 bits per heavy atom. The first-order valence-corrected chi connectivity index (χ1v) is 5.11. The summed E-state index contributed by atoms with van der Waals surface area (Å²) in [7, 11) is 0. The van der Waals surface area contributed by atoms with Crippen LogP contribution in [0.1, 0.15) is 58.8 Å². The fourth-order valence-corrected chi connectivity index (χ4v) is 1.26. The second kappa shape index (κ2) is 9.01. The van der Waals surface area contributed by atoms with E-state index in [0.717, 1.165) is 6.42 Å². The Hall–Kier alpha value is -0.0800. The van der Waals surface area contributed by atoms with Gasteiger partial charge in [0.05, 0.1) is 6.10 Å². The van der Waals surface area contributed by atoms with Crippen LogP contribution in [0, 0.1) is 0 Å². The molecule has 0 heterocycles. The molecule has 0 fully saturated rings. The molecule has 0 amide bonds. The average Bonchev–Trinajstić information content (AvgIpc) is 2.10. The fourth-order valence-electron chi connectivity index (χ4n) is 1.26. The molecule has 0 saturated carbocycles. The molecule has 0 saturated heterocycles. The summed E-state index contributed by atoms with van der Waals surface area (Å²) in [5.74, 6) is 0. The van der Waals surface area contributed by atoms with Crippen molar-refractivity contribution in [3.63, 3.8) is 0 Å². The molecule has 0 radical (unpaired) electrons. The van der Waals surface area contributed by atoms with Crippen LogP contribution in [0.5, 0.6) is 0 Å². The second-order valence-corrected chi connectivity index (χ2v) is 3.47. The average molecular weight is 174 g/mol. The van der Waals surface area contributed by atoms with Gasteiger partial charge in [-0.1, -0.05) is 45.4 Å². The summed E-state index contributed by atoms with van der Waals surface area (Å²) < 4.78 is 0. The molecule has 0 aromatic heterocycles. The van der Waals surface area contributed by atoms with Gasteiger partial charge in [0.1, 0.15) is 0 Å². The maximum atomic E-state index is 8.28. The molecule has 0 bridgehead atoms. The van der Waals surface area contributed by atoms with Gasteiger partial charge in [0.2, 0.25) is 0 Å². The minimum Gasteiger partial charge on any atom is -0.252 e. The van der Waals surface area contributed by atoms with E-state index >= 15 is 0 Å². The lowest BCUT2D eigenvalue weighted by Gasteiger charge is -2.05. The highest BCUT2D eigenvalue weighted by Crippen LogP contribution is 2.09. The molecule has 1 N–H and O–H groups in total. The molecule has 0 rings (SSSR count). The summed E-state index contributed by atoms with van der Waals surface area (Å²) in [4.78, 5) is 4.18. The van der Waals surface area contributed by atoms with E-state index in [2.05, 4.69) is 11.8 Å². The van der Waals surface area contributed by atoms with Crippen molar-refractivity contribution in [1.82, 2.24) is 0 Å². The topological polar surface area (TPSA) is 29.5 Å². The van der Waals surface area contributed by atoms with E-state index in [1.807, 2.05) is 6.92 Å². The summed E-state index contributed by atoms with van der Waals surface area (Å²) in [5.41, 5.74) is 0. The largest absolute Gasteiger partial charge is 0.252 e. The molecule has 2 nitrogen and oxygen atoms in total. The molecule has 74 valence electrons. The smallest absolute Gasteiger partial charge is 0.0899 e. The van der Waals surface area contributed by atoms with Gasteiger partial charge in [-0.05, 0) is 13.3 Å². The van der Waals surface area contributed by atoms with Crippen LogP contribution in [0.2, 0.25) is 0 Å². The Kier molecular flexibility index (Phi) is 8.95. The number of rotatable bonds is 8. The van der Waals surface area contributed by atoms with Gasteiger partial charge in [0.25, 0.3) is 0 Å².